The van der Waals surface area contributed by atoms with E-state index >= 15 is 0 Å². The van der Waals surface area contributed by atoms with Crippen LogP contribution in [0.15, 0.2) is 24.3 Å². The minimum atomic E-state index is -2.88. The Kier molecular flexibility index (Phi) is 7.45. The first kappa shape index (κ1) is 17.2. The Morgan fingerprint density at radius 2 is 2.00 bits per heavy atom. The molecule has 0 aliphatic carbocycles. The molecule has 0 fully saturated rings. The van der Waals surface area contributed by atoms with Gasteiger partial charge in [0.25, 0.3) is 0 Å². The van der Waals surface area contributed by atoms with Crippen molar-refractivity contribution in [2.75, 3.05) is 25.0 Å². The summed E-state index contributed by atoms with van der Waals surface area (Å²) >= 11 is 0. The van der Waals surface area contributed by atoms with Gasteiger partial charge in [-0.05, 0) is 30.7 Å². The van der Waals surface area contributed by atoms with Crippen LogP contribution in [0.2, 0.25) is 0 Å². The summed E-state index contributed by atoms with van der Waals surface area (Å²) in [6.07, 6.45) is 1.78. The number of carbonyl (C=O) groups excluding carboxylic acids is 1. The lowest BCUT2D eigenvalue weighted by molar-refractivity contribution is -0.0498. The largest absolute Gasteiger partial charge is 0.435 e. The quantitative estimate of drug-likeness (QED) is 0.776. The number of halogens is 2. The molecule has 0 bridgehead atoms. The van der Waals surface area contributed by atoms with Gasteiger partial charge >= 0.3 is 12.6 Å². The minimum Gasteiger partial charge on any atom is -0.435 e. The summed E-state index contributed by atoms with van der Waals surface area (Å²) in [7, 11) is 0. The van der Waals surface area contributed by atoms with E-state index in [1.807, 2.05) is 6.92 Å². The third-order valence-corrected chi connectivity index (χ3v) is 2.77. The maximum atomic E-state index is 12.0. The van der Waals surface area contributed by atoms with Crippen LogP contribution in [0.25, 0.3) is 0 Å². The Morgan fingerprint density at radius 1 is 1.33 bits per heavy atom. The third kappa shape index (κ3) is 6.40. The van der Waals surface area contributed by atoms with Crippen LogP contribution in [-0.2, 0) is 0 Å². The minimum absolute atomic E-state index is 0.0289. The Labute approximate surface area is 122 Å². The molecule has 2 amide bonds. The lowest BCUT2D eigenvalue weighted by atomic mass is 10.3. The van der Waals surface area contributed by atoms with Gasteiger partial charge in [0.2, 0.25) is 0 Å². The first-order valence-corrected chi connectivity index (χ1v) is 6.78. The third-order valence-electron chi connectivity index (χ3n) is 2.77. The van der Waals surface area contributed by atoms with E-state index in [0.29, 0.717) is 12.2 Å². The van der Waals surface area contributed by atoms with Gasteiger partial charge in [-0.1, -0.05) is 13.3 Å². The van der Waals surface area contributed by atoms with E-state index in [2.05, 4.69) is 10.1 Å². The molecule has 0 aromatic heterocycles. The summed E-state index contributed by atoms with van der Waals surface area (Å²) in [6, 6.07) is 5.33. The van der Waals surface area contributed by atoms with E-state index in [1.165, 1.54) is 29.2 Å². The molecular formula is C14H20F2N2O3. The number of amides is 2. The molecule has 21 heavy (non-hydrogen) atoms. The van der Waals surface area contributed by atoms with Gasteiger partial charge < -0.3 is 20.1 Å². The summed E-state index contributed by atoms with van der Waals surface area (Å²) in [4.78, 5) is 13.5. The zero-order valence-corrected chi connectivity index (χ0v) is 11.9. The van der Waals surface area contributed by atoms with Gasteiger partial charge in [-0.25, -0.2) is 4.79 Å². The molecule has 0 atom stereocenters. The Hall–Kier alpha value is -1.89. The standard InChI is InChI=1S/C14H20F2N2O3/c1-2-3-8-18(9-10-19)14(20)17-11-4-6-12(7-5-11)21-13(15)16/h4-7,13,19H,2-3,8-10H2,1H3,(H,17,20). The fourth-order valence-corrected chi connectivity index (χ4v) is 1.71. The summed E-state index contributed by atoms with van der Waals surface area (Å²) in [6.45, 7) is -0.178. The van der Waals surface area contributed by atoms with Gasteiger partial charge in [0.1, 0.15) is 5.75 Å². The van der Waals surface area contributed by atoms with Crippen LogP contribution in [0.5, 0.6) is 5.75 Å². The predicted octanol–water partition coefficient (Wildman–Crippen LogP) is 2.91. The van der Waals surface area contributed by atoms with Crippen molar-refractivity contribution in [3.8, 4) is 5.75 Å². The van der Waals surface area contributed by atoms with Gasteiger partial charge in [-0.15, -0.1) is 0 Å². The highest BCUT2D eigenvalue weighted by Gasteiger charge is 2.12. The van der Waals surface area contributed by atoms with Crippen molar-refractivity contribution in [2.45, 2.75) is 26.4 Å². The number of rotatable bonds is 8. The lowest BCUT2D eigenvalue weighted by Gasteiger charge is -2.22. The van der Waals surface area contributed by atoms with Gasteiger partial charge in [-0.2, -0.15) is 8.78 Å². The monoisotopic (exact) mass is 302 g/mol. The van der Waals surface area contributed by atoms with Crippen LogP contribution >= 0.6 is 0 Å². The van der Waals surface area contributed by atoms with Crippen LogP contribution in [0, 0.1) is 0 Å². The number of hydrogen-bond acceptors (Lipinski definition) is 3. The number of nitrogens with zero attached hydrogens (tertiary/aromatic N) is 1. The highest BCUT2D eigenvalue weighted by molar-refractivity contribution is 5.89. The second-order valence-electron chi connectivity index (χ2n) is 4.40. The van der Waals surface area contributed by atoms with Crippen LogP contribution in [0.3, 0.4) is 0 Å². The first-order chi connectivity index (χ1) is 10.1. The number of urea groups is 1. The highest BCUT2D eigenvalue weighted by atomic mass is 19.3. The SMILES string of the molecule is CCCCN(CCO)C(=O)Nc1ccc(OC(F)F)cc1. The normalized spacial score (nSPS) is 10.5. The van der Waals surface area contributed by atoms with Crippen molar-refractivity contribution in [1.29, 1.82) is 0 Å². The summed E-state index contributed by atoms with van der Waals surface area (Å²) in [5.41, 5.74) is 0.473. The second kappa shape index (κ2) is 9.12. The molecule has 1 aromatic carbocycles. The fourth-order valence-electron chi connectivity index (χ4n) is 1.71. The molecule has 1 aromatic rings. The zero-order chi connectivity index (χ0) is 15.7. The van der Waals surface area contributed by atoms with Gasteiger partial charge in [0.15, 0.2) is 0 Å². The van der Waals surface area contributed by atoms with Crippen molar-refractivity contribution in [1.82, 2.24) is 4.90 Å². The molecule has 1 rings (SSSR count). The molecule has 0 saturated heterocycles. The van der Waals surface area contributed by atoms with Crippen LogP contribution in [0.4, 0.5) is 19.3 Å². The van der Waals surface area contributed by atoms with E-state index < -0.39 is 6.61 Å². The van der Waals surface area contributed by atoms with Gasteiger partial charge in [0, 0.05) is 18.8 Å². The maximum absolute atomic E-state index is 12.0. The van der Waals surface area contributed by atoms with Gasteiger partial charge in [0.05, 0.1) is 6.61 Å². The number of hydrogen-bond donors (Lipinski definition) is 2. The number of anilines is 1. The molecule has 0 saturated carbocycles. The van der Waals surface area contributed by atoms with Crippen molar-refractivity contribution >= 4 is 11.7 Å². The fraction of sp³-hybridized carbons (Fsp3) is 0.500. The van der Waals surface area contributed by atoms with Crippen molar-refractivity contribution < 1.29 is 23.4 Å². The van der Waals surface area contributed by atoms with Crippen LogP contribution in [0.1, 0.15) is 19.8 Å². The van der Waals surface area contributed by atoms with E-state index in [9.17, 15) is 13.6 Å². The summed E-state index contributed by atoms with van der Waals surface area (Å²) < 4.78 is 28.3. The number of nitrogens with one attached hydrogen (secondary N) is 1. The van der Waals surface area contributed by atoms with E-state index in [0.717, 1.165) is 12.8 Å². The number of ether oxygens (including phenoxy) is 1. The van der Waals surface area contributed by atoms with E-state index in [-0.39, 0.29) is 24.9 Å². The zero-order valence-electron chi connectivity index (χ0n) is 11.9. The molecule has 0 unspecified atom stereocenters. The molecule has 7 heteroatoms. The molecule has 0 heterocycles. The van der Waals surface area contributed by atoms with Crippen LogP contribution in [-0.4, -0.2) is 42.3 Å². The topological polar surface area (TPSA) is 61.8 Å². The maximum Gasteiger partial charge on any atom is 0.387 e. The Morgan fingerprint density at radius 3 is 2.52 bits per heavy atom. The molecule has 0 aliphatic heterocycles. The summed E-state index contributed by atoms with van der Waals surface area (Å²) in [5, 5.41) is 11.6. The smallest absolute Gasteiger partial charge is 0.387 e. The number of aliphatic hydroxyl groups excluding tert-OH is 1. The molecule has 0 aliphatic rings. The number of aliphatic hydroxyl groups is 1. The Bertz CT molecular complexity index is 427. The average Bonchev–Trinajstić information content (AvgIpc) is 2.45. The molecule has 2 N–H and O–H groups in total. The first-order valence-electron chi connectivity index (χ1n) is 6.78. The number of alkyl halides is 2. The molecule has 118 valence electrons. The number of unbranched alkanes of at least 4 members (excludes halogenated alkanes) is 1. The highest BCUT2D eigenvalue weighted by Crippen LogP contribution is 2.18. The number of carbonyl (C=O) groups is 1. The van der Waals surface area contributed by atoms with Crippen molar-refractivity contribution in [2.24, 2.45) is 0 Å². The summed E-state index contributed by atoms with van der Waals surface area (Å²) in [5.74, 6) is 0.0289. The molecular weight excluding hydrogens is 282 g/mol. The molecule has 0 spiro atoms. The molecule has 5 nitrogen and oxygen atoms in total. The molecule has 0 radical (unpaired) electrons. The van der Waals surface area contributed by atoms with Crippen molar-refractivity contribution in [3.63, 3.8) is 0 Å². The van der Waals surface area contributed by atoms with Gasteiger partial charge in [-0.3, -0.25) is 0 Å². The van der Waals surface area contributed by atoms with E-state index in [1.54, 1.807) is 0 Å². The van der Waals surface area contributed by atoms with Crippen LogP contribution < -0.4 is 10.1 Å². The average molecular weight is 302 g/mol. The van der Waals surface area contributed by atoms with Crippen molar-refractivity contribution in [3.05, 3.63) is 24.3 Å². The second-order valence-corrected chi connectivity index (χ2v) is 4.40. The Balaban J connectivity index is 2.59. The predicted molar refractivity (Wildman–Crippen MR) is 75.7 cm³/mol. The number of benzene rings is 1. The lowest BCUT2D eigenvalue weighted by Crippen LogP contribution is -2.37. The van der Waals surface area contributed by atoms with E-state index in [4.69, 9.17) is 5.11 Å².